The van der Waals surface area contributed by atoms with Gasteiger partial charge < -0.3 is 20.6 Å². The molecule has 6 nitrogen and oxygen atoms in total. The maximum atomic E-state index is 12.0. The molecule has 0 bridgehead atoms. The first-order chi connectivity index (χ1) is 9.08. The van der Waals surface area contributed by atoms with E-state index in [0.717, 1.165) is 16.7 Å². The Morgan fingerprint density at radius 2 is 2.00 bits per heavy atom. The number of carboxylic acid groups (broad SMARTS) is 1. The van der Waals surface area contributed by atoms with Crippen LogP contribution in [0.1, 0.15) is 10.4 Å². The van der Waals surface area contributed by atoms with Crippen molar-refractivity contribution in [3.05, 3.63) is 27.3 Å². The van der Waals surface area contributed by atoms with Gasteiger partial charge in [-0.1, -0.05) is 0 Å². The number of urea groups is 1. The van der Waals surface area contributed by atoms with Crippen LogP contribution in [0.25, 0.3) is 0 Å². The summed E-state index contributed by atoms with van der Waals surface area (Å²) in [6.45, 7) is 2.76. The summed E-state index contributed by atoms with van der Waals surface area (Å²) >= 11 is 2.04. The zero-order chi connectivity index (χ0) is 13.8. The minimum absolute atomic E-state index is 0.107. The number of anilines is 1. The number of benzene rings is 1. The number of aromatic carboxylic acids is 1. The van der Waals surface area contributed by atoms with Crippen LogP contribution in [0, 0.1) is 3.57 Å². The van der Waals surface area contributed by atoms with Gasteiger partial charge in [0.1, 0.15) is 0 Å². The van der Waals surface area contributed by atoms with Gasteiger partial charge in [-0.05, 0) is 40.8 Å². The van der Waals surface area contributed by atoms with Crippen molar-refractivity contribution < 1.29 is 14.7 Å². The summed E-state index contributed by atoms with van der Waals surface area (Å²) in [4.78, 5) is 24.8. The highest BCUT2D eigenvalue weighted by Gasteiger charge is 2.18. The number of rotatable bonds is 2. The molecule has 0 aromatic heterocycles. The van der Waals surface area contributed by atoms with Crippen LogP contribution in [-0.4, -0.2) is 48.2 Å². The highest BCUT2D eigenvalue weighted by atomic mass is 127. The van der Waals surface area contributed by atoms with Crippen molar-refractivity contribution in [3.8, 4) is 0 Å². The van der Waals surface area contributed by atoms with Crippen molar-refractivity contribution in [2.75, 3.05) is 31.5 Å². The Kier molecular flexibility index (Phi) is 4.59. The first-order valence-electron chi connectivity index (χ1n) is 5.87. The fraction of sp³-hybridized carbons (Fsp3) is 0.333. The molecular formula is C12H14IN3O3. The van der Waals surface area contributed by atoms with Crippen LogP contribution < -0.4 is 10.6 Å². The SMILES string of the molecule is O=C(O)c1cc(I)ccc1NC(=O)N1CCNCC1. The van der Waals surface area contributed by atoms with Gasteiger partial charge in [0.05, 0.1) is 11.3 Å². The minimum atomic E-state index is -1.05. The molecule has 1 saturated heterocycles. The van der Waals surface area contributed by atoms with E-state index in [2.05, 4.69) is 10.6 Å². The van der Waals surface area contributed by atoms with Gasteiger partial charge in [0.25, 0.3) is 0 Å². The highest BCUT2D eigenvalue weighted by molar-refractivity contribution is 14.1. The fourth-order valence-corrected chi connectivity index (χ4v) is 2.36. The van der Waals surface area contributed by atoms with Gasteiger partial charge in [0.2, 0.25) is 0 Å². The van der Waals surface area contributed by atoms with Gasteiger partial charge >= 0.3 is 12.0 Å². The van der Waals surface area contributed by atoms with Crippen molar-refractivity contribution in [1.82, 2.24) is 10.2 Å². The van der Waals surface area contributed by atoms with Crippen molar-refractivity contribution in [2.24, 2.45) is 0 Å². The lowest BCUT2D eigenvalue weighted by Crippen LogP contribution is -2.48. The van der Waals surface area contributed by atoms with Crippen molar-refractivity contribution in [1.29, 1.82) is 0 Å². The molecule has 0 saturated carbocycles. The first-order valence-corrected chi connectivity index (χ1v) is 6.95. The Morgan fingerprint density at radius 3 is 2.63 bits per heavy atom. The molecule has 0 radical (unpaired) electrons. The predicted octanol–water partition coefficient (Wildman–Crippen LogP) is 1.43. The third-order valence-electron chi connectivity index (χ3n) is 2.86. The molecule has 3 N–H and O–H groups in total. The number of amides is 2. The standard InChI is InChI=1S/C12H14IN3O3/c13-8-1-2-10(9(7-8)11(17)18)15-12(19)16-5-3-14-4-6-16/h1-2,7,14H,3-6H2,(H,15,19)(H,17,18). The van der Waals surface area contributed by atoms with Crippen molar-refractivity contribution in [3.63, 3.8) is 0 Å². The normalized spacial score (nSPS) is 15.1. The van der Waals surface area contributed by atoms with Gasteiger partial charge in [-0.3, -0.25) is 0 Å². The number of carboxylic acids is 1. The highest BCUT2D eigenvalue weighted by Crippen LogP contribution is 2.19. The average Bonchev–Trinajstić information content (AvgIpc) is 2.41. The molecule has 0 spiro atoms. The van der Waals surface area contributed by atoms with Gasteiger partial charge in [-0.15, -0.1) is 0 Å². The Balaban J connectivity index is 2.13. The number of hydrogen-bond acceptors (Lipinski definition) is 3. The third kappa shape index (κ3) is 3.57. The van der Waals surface area contributed by atoms with E-state index in [1.54, 1.807) is 17.0 Å². The molecule has 2 amide bonds. The van der Waals surface area contributed by atoms with Crippen LogP contribution in [0.5, 0.6) is 0 Å². The summed E-state index contributed by atoms with van der Waals surface area (Å²) < 4.78 is 0.815. The van der Waals surface area contributed by atoms with Crippen LogP contribution in [0.3, 0.4) is 0 Å². The Morgan fingerprint density at radius 1 is 1.32 bits per heavy atom. The number of piperazine rings is 1. The molecule has 19 heavy (non-hydrogen) atoms. The molecule has 1 aliphatic heterocycles. The summed E-state index contributed by atoms with van der Waals surface area (Å²) in [6.07, 6.45) is 0. The third-order valence-corrected chi connectivity index (χ3v) is 3.53. The summed E-state index contributed by atoms with van der Waals surface area (Å²) in [5.74, 6) is -1.05. The van der Waals surface area contributed by atoms with E-state index in [1.807, 2.05) is 22.6 Å². The molecule has 0 aliphatic carbocycles. The summed E-state index contributed by atoms with van der Waals surface area (Å²) in [5, 5.41) is 15.0. The molecule has 102 valence electrons. The summed E-state index contributed by atoms with van der Waals surface area (Å²) in [7, 11) is 0. The maximum absolute atomic E-state index is 12.0. The first kappa shape index (κ1) is 14.1. The van der Waals surface area contributed by atoms with Gasteiger partial charge in [-0.25, -0.2) is 9.59 Å². The molecule has 0 unspecified atom stereocenters. The summed E-state index contributed by atoms with van der Waals surface area (Å²) in [5.41, 5.74) is 0.437. The van der Waals surface area contributed by atoms with E-state index >= 15 is 0 Å². The van der Waals surface area contributed by atoms with Crippen LogP contribution in [-0.2, 0) is 0 Å². The van der Waals surface area contributed by atoms with E-state index in [9.17, 15) is 9.59 Å². The van der Waals surface area contributed by atoms with Crippen molar-refractivity contribution in [2.45, 2.75) is 0 Å². The molecular weight excluding hydrogens is 361 g/mol. The van der Waals surface area contributed by atoms with Crippen LogP contribution in [0.2, 0.25) is 0 Å². The second kappa shape index (κ2) is 6.20. The number of carbonyl (C=O) groups excluding carboxylic acids is 1. The number of nitrogens with one attached hydrogen (secondary N) is 2. The molecule has 0 atom stereocenters. The number of carbonyl (C=O) groups is 2. The average molecular weight is 375 g/mol. The lowest BCUT2D eigenvalue weighted by molar-refractivity contribution is 0.0698. The second-order valence-electron chi connectivity index (χ2n) is 4.16. The molecule has 7 heteroatoms. The quantitative estimate of drug-likeness (QED) is 0.684. The second-order valence-corrected chi connectivity index (χ2v) is 5.41. The molecule has 2 rings (SSSR count). The van der Waals surface area contributed by atoms with Crippen LogP contribution in [0.15, 0.2) is 18.2 Å². The Hall–Kier alpha value is -1.35. The lowest BCUT2D eigenvalue weighted by atomic mass is 10.2. The number of hydrogen-bond donors (Lipinski definition) is 3. The fourth-order valence-electron chi connectivity index (χ4n) is 1.86. The van der Waals surface area contributed by atoms with E-state index in [-0.39, 0.29) is 11.6 Å². The topological polar surface area (TPSA) is 81.7 Å². The molecule has 1 fully saturated rings. The smallest absolute Gasteiger partial charge is 0.337 e. The predicted molar refractivity (Wildman–Crippen MR) is 79.6 cm³/mol. The van der Waals surface area contributed by atoms with Crippen LogP contribution in [0.4, 0.5) is 10.5 Å². The largest absolute Gasteiger partial charge is 0.478 e. The molecule has 1 heterocycles. The van der Waals surface area contributed by atoms with Gasteiger partial charge in [0.15, 0.2) is 0 Å². The molecule has 1 aromatic rings. The Labute approximate surface area is 124 Å². The maximum Gasteiger partial charge on any atom is 0.337 e. The zero-order valence-electron chi connectivity index (χ0n) is 10.1. The number of halogens is 1. The lowest BCUT2D eigenvalue weighted by Gasteiger charge is -2.27. The van der Waals surface area contributed by atoms with Gasteiger partial charge in [0, 0.05) is 29.7 Å². The molecule has 1 aliphatic rings. The van der Waals surface area contributed by atoms with E-state index in [1.165, 1.54) is 6.07 Å². The Bertz CT molecular complexity index is 501. The van der Waals surface area contributed by atoms with E-state index < -0.39 is 5.97 Å². The molecule has 1 aromatic carbocycles. The summed E-state index contributed by atoms with van der Waals surface area (Å²) in [6, 6.07) is 4.66. The monoisotopic (exact) mass is 375 g/mol. The van der Waals surface area contributed by atoms with Gasteiger partial charge in [-0.2, -0.15) is 0 Å². The van der Waals surface area contributed by atoms with E-state index in [4.69, 9.17) is 5.11 Å². The van der Waals surface area contributed by atoms with E-state index in [0.29, 0.717) is 18.8 Å². The van der Waals surface area contributed by atoms with Crippen LogP contribution >= 0.6 is 22.6 Å². The number of nitrogens with zero attached hydrogens (tertiary/aromatic N) is 1. The minimum Gasteiger partial charge on any atom is -0.478 e. The van der Waals surface area contributed by atoms with Crippen molar-refractivity contribution >= 4 is 40.3 Å². The zero-order valence-corrected chi connectivity index (χ0v) is 12.3.